The first kappa shape index (κ1) is 19.0. The van der Waals surface area contributed by atoms with Crippen molar-refractivity contribution in [3.8, 4) is 0 Å². The zero-order valence-electron chi connectivity index (χ0n) is 15.8. The highest BCUT2D eigenvalue weighted by atomic mass is 32.1. The van der Waals surface area contributed by atoms with Crippen LogP contribution in [0.1, 0.15) is 33.8 Å². The van der Waals surface area contributed by atoms with E-state index in [0.717, 1.165) is 38.0 Å². The Morgan fingerprint density at radius 2 is 2.04 bits per heavy atom. The molecule has 0 unspecified atom stereocenters. The number of rotatable bonds is 3. The van der Waals surface area contributed by atoms with Crippen LogP contribution in [0.25, 0.3) is 0 Å². The van der Waals surface area contributed by atoms with Crippen LogP contribution in [-0.2, 0) is 17.8 Å². The van der Waals surface area contributed by atoms with Crippen molar-refractivity contribution < 1.29 is 14.0 Å². The number of hydrogen-bond acceptors (Lipinski definition) is 5. The monoisotopic (exact) mass is 402 g/mol. The van der Waals surface area contributed by atoms with Gasteiger partial charge in [-0.1, -0.05) is 0 Å². The van der Waals surface area contributed by atoms with E-state index in [-0.39, 0.29) is 23.5 Å². The first-order valence-corrected chi connectivity index (χ1v) is 10.3. The van der Waals surface area contributed by atoms with Crippen molar-refractivity contribution in [1.29, 1.82) is 0 Å². The van der Waals surface area contributed by atoms with Crippen LogP contribution in [0.2, 0.25) is 0 Å². The number of carbonyl (C=O) groups excluding carboxylic acids is 2. The minimum atomic E-state index is -0.371. The van der Waals surface area contributed by atoms with Crippen LogP contribution in [0.15, 0.2) is 24.3 Å². The third kappa shape index (κ3) is 4.07. The van der Waals surface area contributed by atoms with Gasteiger partial charge in [-0.3, -0.25) is 9.59 Å². The number of likely N-dealkylation sites (tertiary alicyclic amines) is 1. The number of thiazole rings is 1. The number of likely N-dealkylation sites (N-methyl/N-ethyl adjacent to an activating group) is 1. The Hall–Kier alpha value is -2.32. The summed E-state index contributed by atoms with van der Waals surface area (Å²) in [6.45, 7) is 2.83. The molecule has 1 aromatic heterocycles. The highest BCUT2D eigenvalue weighted by Crippen LogP contribution is 2.29. The van der Waals surface area contributed by atoms with E-state index in [0.29, 0.717) is 23.8 Å². The molecule has 2 aliphatic heterocycles. The van der Waals surface area contributed by atoms with Gasteiger partial charge >= 0.3 is 0 Å². The number of carbonyl (C=O) groups is 2. The predicted molar refractivity (Wildman–Crippen MR) is 106 cm³/mol. The quantitative estimate of drug-likeness (QED) is 0.857. The van der Waals surface area contributed by atoms with Crippen molar-refractivity contribution in [3.63, 3.8) is 0 Å². The summed E-state index contributed by atoms with van der Waals surface area (Å²) >= 11 is 1.54. The van der Waals surface area contributed by atoms with Crippen LogP contribution in [0.4, 0.5) is 9.52 Å². The third-order valence-electron chi connectivity index (χ3n) is 5.32. The summed E-state index contributed by atoms with van der Waals surface area (Å²) in [7, 11) is 2.08. The molecule has 0 spiro atoms. The van der Waals surface area contributed by atoms with Crippen LogP contribution in [0.3, 0.4) is 0 Å². The van der Waals surface area contributed by atoms with Gasteiger partial charge in [0.1, 0.15) is 5.82 Å². The Morgan fingerprint density at radius 1 is 1.25 bits per heavy atom. The van der Waals surface area contributed by atoms with E-state index in [4.69, 9.17) is 0 Å². The Balaban J connectivity index is 1.39. The fourth-order valence-electron chi connectivity index (χ4n) is 3.73. The Morgan fingerprint density at radius 3 is 2.82 bits per heavy atom. The Kier molecular flexibility index (Phi) is 5.41. The average molecular weight is 402 g/mol. The van der Waals surface area contributed by atoms with E-state index >= 15 is 0 Å². The van der Waals surface area contributed by atoms with Crippen LogP contribution >= 0.6 is 11.3 Å². The Bertz CT molecular complexity index is 883. The van der Waals surface area contributed by atoms with E-state index in [1.807, 2.05) is 0 Å². The van der Waals surface area contributed by atoms with Gasteiger partial charge < -0.3 is 15.1 Å². The fourth-order valence-corrected chi connectivity index (χ4v) is 4.83. The first-order chi connectivity index (χ1) is 13.5. The second-order valence-corrected chi connectivity index (χ2v) is 8.55. The predicted octanol–water partition coefficient (Wildman–Crippen LogP) is 2.76. The maximum absolute atomic E-state index is 13.1. The summed E-state index contributed by atoms with van der Waals surface area (Å²) in [5.74, 6) is -0.882. The van der Waals surface area contributed by atoms with Crippen molar-refractivity contribution in [2.75, 3.05) is 32.0 Å². The summed E-state index contributed by atoms with van der Waals surface area (Å²) in [4.78, 5) is 35.1. The highest BCUT2D eigenvalue weighted by molar-refractivity contribution is 7.15. The molecule has 2 amide bonds. The summed E-state index contributed by atoms with van der Waals surface area (Å²) in [6.07, 6.45) is 2.42. The normalized spacial score (nSPS) is 19.9. The van der Waals surface area contributed by atoms with Gasteiger partial charge in [-0.15, -0.1) is 11.3 Å². The molecule has 0 bridgehead atoms. The summed E-state index contributed by atoms with van der Waals surface area (Å²) in [5.41, 5.74) is 1.52. The lowest BCUT2D eigenvalue weighted by Gasteiger charge is -2.32. The summed E-state index contributed by atoms with van der Waals surface area (Å²) in [5, 5.41) is 3.60. The van der Waals surface area contributed by atoms with E-state index < -0.39 is 0 Å². The molecule has 28 heavy (non-hydrogen) atoms. The van der Waals surface area contributed by atoms with Gasteiger partial charge in [0.25, 0.3) is 5.91 Å². The second-order valence-electron chi connectivity index (χ2n) is 7.46. The van der Waals surface area contributed by atoms with Crippen LogP contribution < -0.4 is 5.32 Å². The van der Waals surface area contributed by atoms with Gasteiger partial charge in [-0.05, 0) is 44.2 Å². The topological polar surface area (TPSA) is 65.5 Å². The SMILES string of the molecule is CN1CCc2nc(NC(=O)[C@H]3CCCN(C(=O)c4ccc(F)cc4)C3)sc2C1. The van der Waals surface area contributed by atoms with Crippen molar-refractivity contribution in [1.82, 2.24) is 14.8 Å². The van der Waals surface area contributed by atoms with Crippen LogP contribution in [-0.4, -0.2) is 53.3 Å². The molecule has 3 heterocycles. The molecule has 2 aliphatic rings. The molecule has 1 fully saturated rings. The average Bonchev–Trinajstić information content (AvgIpc) is 3.09. The van der Waals surface area contributed by atoms with E-state index in [1.165, 1.54) is 40.5 Å². The second kappa shape index (κ2) is 7.97. The largest absolute Gasteiger partial charge is 0.338 e. The molecule has 1 N–H and O–H groups in total. The molecule has 148 valence electrons. The maximum atomic E-state index is 13.1. The number of nitrogens with zero attached hydrogens (tertiary/aromatic N) is 3. The smallest absolute Gasteiger partial charge is 0.253 e. The number of fused-ring (bicyclic) bond motifs is 1. The number of nitrogens with one attached hydrogen (secondary N) is 1. The number of benzene rings is 1. The third-order valence-corrected chi connectivity index (χ3v) is 6.32. The lowest BCUT2D eigenvalue weighted by atomic mass is 9.96. The molecule has 8 heteroatoms. The highest BCUT2D eigenvalue weighted by Gasteiger charge is 2.30. The van der Waals surface area contributed by atoms with Crippen molar-refractivity contribution in [2.45, 2.75) is 25.8 Å². The van der Waals surface area contributed by atoms with Crippen molar-refractivity contribution >= 4 is 28.3 Å². The zero-order valence-corrected chi connectivity index (χ0v) is 16.6. The molecule has 1 saturated heterocycles. The number of amides is 2. The number of halogens is 1. The molecule has 0 aliphatic carbocycles. The standard InChI is InChI=1S/C20H23FN4O2S/c1-24-10-8-16-17(12-24)28-20(22-16)23-18(26)14-3-2-9-25(11-14)19(27)13-4-6-15(21)7-5-13/h4-7,14H,2-3,8-12H2,1H3,(H,22,23,26)/t14-/m0/s1. The number of hydrogen-bond donors (Lipinski definition) is 1. The lowest BCUT2D eigenvalue weighted by molar-refractivity contribution is -0.121. The van der Waals surface area contributed by atoms with Gasteiger partial charge in [0.05, 0.1) is 11.6 Å². The maximum Gasteiger partial charge on any atom is 0.253 e. The van der Waals surface area contributed by atoms with E-state index in [1.54, 1.807) is 4.90 Å². The van der Waals surface area contributed by atoms with Crippen molar-refractivity contribution in [2.24, 2.45) is 5.92 Å². The molecule has 1 atom stereocenters. The minimum absolute atomic E-state index is 0.0870. The van der Waals surface area contributed by atoms with Crippen LogP contribution in [0, 0.1) is 11.7 Å². The van der Waals surface area contributed by atoms with Gasteiger partial charge in [-0.25, -0.2) is 9.37 Å². The summed E-state index contributed by atoms with van der Waals surface area (Å²) < 4.78 is 13.1. The van der Waals surface area contributed by atoms with Gasteiger partial charge in [0.2, 0.25) is 5.91 Å². The van der Waals surface area contributed by atoms with Gasteiger partial charge in [0.15, 0.2) is 5.13 Å². The summed E-state index contributed by atoms with van der Waals surface area (Å²) in [6, 6.07) is 5.53. The molecular formula is C20H23FN4O2S. The molecule has 0 saturated carbocycles. The molecule has 1 aromatic carbocycles. The van der Waals surface area contributed by atoms with E-state index in [9.17, 15) is 14.0 Å². The number of anilines is 1. The molecule has 6 nitrogen and oxygen atoms in total. The fraction of sp³-hybridized carbons (Fsp3) is 0.450. The minimum Gasteiger partial charge on any atom is -0.338 e. The van der Waals surface area contributed by atoms with Gasteiger partial charge in [-0.2, -0.15) is 0 Å². The molecule has 4 rings (SSSR count). The molecule has 2 aromatic rings. The first-order valence-electron chi connectivity index (χ1n) is 9.52. The van der Waals surface area contributed by atoms with Crippen molar-refractivity contribution in [3.05, 3.63) is 46.2 Å². The molecular weight excluding hydrogens is 379 g/mol. The molecule has 0 radical (unpaired) electrons. The lowest BCUT2D eigenvalue weighted by Crippen LogP contribution is -2.43. The van der Waals surface area contributed by atoms with Crippen LogP contribution in [0.5, 0.6) is 0 Å². The Labute approximate surface area is 167 Å². The number of piperidine rings is 1. The van der Waals surface area contributed by atoms with Gasteiger partial charge in [0, 0.05) is 43.0 Å². The zero-order chi connectivity index (χ0) is 19.7. The number of aromatic nitrogens is 1. The van der Waals surface area contributed by atoms with E-state index in [2.05, 4.69) is 22.2 Å².